The molecule has 1 aromatic heterocycles. The monoisotopic (exact) mass is 367 g/mol. The van der Waals surface area contributed by atoms with E-state index in [1.165, 1.54) is 30.3 Å². The Bertz CT molecular complexity index is 875. The highest BCUT2D eigenvalue weighted by atomic mass is 32.2. The molecule has 8 heteroatoms. The maximum atomic E-state index is 12.8. The first-order valence-corrected chi connectivity index (χ1v) is 9.57. The predicted molar refractivity (Wildman–Crippen MR) is 88.6 cm³/mol. The minimum atomic E-state index is -3.11. The van der Waals surface area contributed by atoms with Crippen molar-refractivity contribution < 1.29 is 26.8 Å². The third-order valence-corrected chi connectivity index (χ3v) is 5.90. The van der Waals surface area contributed by atoms with E-state index < -0.39 is 21.3 Å². The number of nitrogens with one attached hydrogen (secondary N) is 1. The zero-order valence-electron chi connectivity index (χ0n) is 13.6. The Kier molecular flexibility index (Phi) is 4.55. The molecule has 0 spiro atoms. The summed E-state index contributed by atoms with van der Waals surface area (Å²) in [5.41, 5.74) is -0.784. The summed E-state index contributed by atoms with van der Waals surface area (Å²) in [5.74, 6) is 0.166. The van der Waals surface area contributed by atoms with Crippen molar-refractivity contribution >= 4 is 15.7 Å². The van der Waals surface area contributed by atoms with E-state index in [0.717, 1.165) is 0 Å². The third kappa shape index (κ3) is 4.39. The number of benzene rings is 1. The van der Waals surface area contributed by atoms with Crippen molar-refractivity contribution in [1.29, 1.82) is 0 Å². The summed E-state index contributed by atoms with van der Waals surface area (Å²) >= 11 is 0. The molecule has 1 saturated heterocycles. The molecule has 1 aromatic carbocycles. The van der Waals surface area contributed by atoms with Crippen molar-refractivity contribution in [2.24, 2.45) is 0 Å². The van der Waals surface area contributed by atoms with Crippen molar-refractivity contribution in [3.8, 4) is 5.75 Å². The van der Waals surface area contributed by atoms with Crippen molar-refractivity contribution in [3.05, 3.63) is 53.7 Å². The van der Waals surface area contributed by atoms with Gasteiger partial charge in [-0.2, -0.15) is 0 Å². The maximum absolute atomic E-state index is 12.8. The van der Waals surface area contributed by atoms with Gasteiger partial charge in [-0.25, -0.2) is 12.8 Å². The first-order valence-electron chi connectivity index (χ1n) is 7.75. The van der Waals surface area contributed by atoms with Gasteiger partial charge in [0.15, 0.2) is 15.6 Å². The van der Waals surface area contributed by atoms with Gasteiger partial charge in [0.05, 0.1) is 17.0 Å². The molecule has 0 radical (unpaired) electrons. The molecule has 0 bridgehead atoms. The van der Waals surface area contributed by atoms with Crippen LogP contribution in [0.1, 0.15) is 29.7 Å². The minimum Gasteiger partial charge on any atom is -0.486 e. The van der Waals surface area contributed by atoms with Gasteiger partial charge in [0.25, 0.3) is 5.91 Å². The largest absolute Gasteiger partial charge is 0.486 e. The quantitative estimate of drug-likeness (QED) is 0.876. The average molecular weight is 367 g/mol. The molecule has 6 nitrogen and oxygen atoms in total. The number of rotatable bonds is 5. The molecule has 1 fully saturated rings. The van der Waals surface area contributed by atoms with Crippen molar-refractivity contribution in [1.82, 2.24) is 5.32 Å². The maximum Gasteiger partial charge on any atom is 0.287 e. The molecule has 1 N–H and O–H groups in total. The first-order chi connectivity index (χ1) is 11.7. The van der Waals surface area contributed by atoms with E-state index in [0.29, 0.717) is 17.9 Å². The van der Waals surface area contributed by atoms with Crippen molar-refractivity contribution in [3.63, 3.8) is 0 Å². The molecule has 0 aliphatic carbocycles. The molecule has 0 unspecified atom stereocenters. The Morgan fingerprint density at radius 3 is 2.64 bits per heavy atom. The number of hydrogen-bond acceptors (Lipinski definition) is 5. The van der Waals surface area contributed by atoms with Crippen LogP contribution in [-0.4, -0.2) is 31.4 Å². The number of carbonyl (C=O) groups excluding carboxylic acids is 1. The lowest BCUT2D eigenvalue weighted by Gasteiger charge is -2.23. The van der Waals surface area contributed by atoms with Crippen LogP contribution >= 0.6 is 0 Å². The molecule has 3 rings (SSSR count). The zero-order chi connectivity index (χ0) is 18.1. The number of halogens is 1. The summed E-state index contributed by atoms with van der Waals surface area (Å²) in [4.78, 5) is 12.3. The molecule has 1 aliphatic heterocycles. The average Bonchev–Trinajstić information content (AvgIpc) is 3.11. The molecule has 0 saturated carbocycles. The number of amides is 1. The highest BCUT2D eigenvalue weighted by molar-refractivity contribution is 7.91. The minimum absolute atomic E-state index is 0.0681. The Balaban J connectivity index is 1.59. The fraction of sp³-hybridized carbons (Fsp3) is 0.353. The number of sulfone groups is 1. The van der Waals surface area contributed by atoms with Crippen LogP contribution in [0.2, 0.25) is 0 Å². The molecule has 1 atom stereocenters. The van der Waals surface area contributed by atoms with E-state index in [9.17, 15) is 17.6 Å². The van der Waals surface area contributed by atoms with Crippen LogP contribution in [0, 0.1) is 5.82 Å². The summed E-state index contributed by atoms with van der Waals surface area (Å²) in [7, 11) is -3.11. The lowest BCUT2D eigenvalue weighted by Crippen LogP contribution is -2.46. The molecule has 25 heavy (non-hydrogen) atoms. The Morgan fingerprint density at radius 2 is 2.00 bits per heavy atom. The van der Waals surface area contributed by atoms with Gasteiger partial charge in [0.2, 0.25) is 0 Å². The summed E-state index contributed by atoms with van der Waals surface area (Å²) in [6.07, 6.45) is 0.377. The second kappa shape index (κ2) is 6.51. The van der Waals surface area contributed by atoms with Crippen LogP contribution in [0.4, 0.5) is 4.39 Å². The molecule has 1 aliphatic rings. The van der Waals surface area contributed by atoms with Crippen LogP contribution in [0.15, 0.2) is 40.8 Å². The number of ether oxygens (including phenoxy) is 1. The van der Waals surface area contributed by atoms with E-state index in [1.54, 1.807) is 13.0 Å². The predicted octanol–water partition coefficient (Wildman–Crippen LogP) is 2.30. The summed E-state index contributed by atoms with van der Waals surface area (Å²) in [6, 6.07) is 8.66. The van der Waals surface area contributed by atoms with Crippen molar-refractivity contribution in [2.45, 2.75) is 25.5 Å². The number of hydrogen-bond donors (Lipinski definition) is 1. The second-order valence-corrected chi connectivity index (χ2v) is 8.55. The van der Waals surface area contributed by atoms with Gasteiger partial charge >= 0.3 is 0 Å². The Morgan fingerprint density at radius 1 is 1.28 bits per heavy atom. The molecular formula is C17H18FNO5S. The molecule has 2 aromatic rings. The fourth-order valence-corrected chi connectivity index (χ4v) is 4.80. The summed E-state index contributed by atoms with van der Waals surface area (Å²) in [6.45, 7) is 1.79. The van der Waals surface area contributed by atoms with Gasteiger partial charge < -0.3 is 14.5 Å². The summed E-state index contributed by atoms with van der Waals surface area (Å²) in [5, 5.41) is 2.73. The molecule has 2 heterocycles. The zero-order valence-corrected chi connectivity index (χ0v) is 14.4. The van der Waals surface area contributed by atoms with Gasteiger partial charge in [-0.1, -0.05) is 0 Å². The third-order valence-electron chi connectivity index (χ3n) is 4.00. The van der Waals surface area contributed by atoms with E-state index >= 15 is 0 Å². The number of carbonyl (C=O) groups is 1. The Hall–Kier alpha value is -2.35. The molecule has 134 valence electrons. The van der Waals surface area contributed by atoms with E-state index in [4.69, 9.17) is 9.15 Å². The van der Waals surface area contributed by atoms with Gasteiger partial charge in [0, 0.05) is 0 Å². The van der Waals surface area contributed by atoms with Gasteiger partial charge in [0.1, 0.15) is 23.9 Å². The summed E-state index contributed by atoms with van der Waals surface area (Å²) < 4.78 is 46.9. The fourth-order valence-electron chi connectivity index (χ4n) is 2.71. The van der Waals surface area contributed by atoms with Crippen LogP contribution in [0.3, 0.4) is 0 Å². The van der Waals surface area contributed by atoms with E-state index in [2.05, 4.69) is 5.32 Å². The molecule has 1 amide bonds. The van der Waals surface area contributed by atoms with Crippen LogP contribution in [0.25, 0.3) is 0 Å². The first kappa shape index (κ1) is 17.5. The van der Waals surface area contributed by atoms with Crippen LogP contribution in [-0.2, 0) is 16.4 Å². The standard InChI is InChI=1S/C17H18FNO5S/c1-17(8-9-25(21,22)11-17)19-16(20)15-7-6-14(24-15)10-23-13-4-2-12(18)3-5-13/h2-7H,8-11H2,1H3,(H,19,20)/t17-/m1/s1. The van der Waals surface area contributed by atoms with E-state index in [-0.39, 0.29) is 29.7 Å². The normalized spacial score (nSPS) is 21.8. The van der Waals surface area contributed by atoms with Gasteiger partial charge in [-0.15, -0.1) is 0 Å². The topological polar surface area (TPSA) is 85.6 Å². The lowest BCUT2D eigenvalue weighted by atomic mass is 10.0. The number of furan rings is 1. The smallest absolute Gasteiger partial charge is 0.287 e. The van der Waals surface area contributed by atoms with Crippen LogP contribution in [0.5, 0.6) is 5.75 Å². The highest BCUT2D eigenvalue weighted by Crippen LogP contribution is 2.23. The van der Waals surface area contributed by atoms with Crippen molar-refractivity contribution in [2.75, 3.05) is 11.5 Å². The van der Waals surface area contributed by atoms with Crippen LogP contribution < -0.4 is 10.1 Å². The van der Waals surface area contributed by atoms with Gasteiger partial charge in [-0.3, -0.25) is 4.79 Å². The Labute approximate surface area is 144 Å². The SMILES string of the molecule is C[C@@]1(NC(=O)c2ccc(COc3ccc(F)cc3)o2)CCS(=O)(=O)C1. The highest BCUT2D eigenvalue weighted by Gasteiger charge is 2.39. The lowest BCUT2D eigenvalue weighted by molar-refractivity contribution is 0.0882. The molecular weight excluding hydrogens is 349 g/mol. The second-order valence-electron chi connectivity index (χ2n) is 6.37. The van der Waals surface area contributed by atoms with E-state index in [1.807, 2.05) is 0 Å². The van der Waals surface area contributed by atoms with Gasteiger partial charge in [-0.05, 0) is 49.7 Å².